The Balaban J connectivity index is 2.08. The van der Waals surface area contributed by atoms with Crippen molar-refractivity contribution in [1.29, 1.82) is 0 Å². The van der Waals surface area contributed by atoms with E-state index in [4.69, 9.17) is 4.74 Å². The van der Waals surface area contributed by atoms with Gasteiger partial charge in [0.1, 0.15) is 6.04 Å². The van der Waals surface area contributed by atoms with Crippen LogP contribution >= 0.6 is 0 Å². The topological polar surface area (TPSA) is 92.8 Å². The molecule has 1 saturated heterocycles. The highest BCUT2D eigenvalue weighted by atomic mass is 16.5. The zero-order valence-electron chi connectivity index (χ0n) is 23.7. The zero-order valence-corrected chi connectivity index (χ0v) is 23.7. The lowest BCUT2D eigenvalue weighted by atomic mass is 10.2. The Labute approximate surface area is 234 Å². The molecule has 214 valence electrons. The number of nitrogens with one attached hydrogen (secondary N) is 1. The molecule has 1 heterocycles. The van der Waals surface area contributed by atoms with Gasteiger partial charge in [0.05, 0.1) is 0 Å². The van der Waals surface area contributed by atoms with Gasteiger partial charge in [0.2, 0.25) is 11.8 Å². The Morgan fingerprint density at radius 3 is 1.79 bits per heavy atom. The Morgan fingerprint density at radius 1 is 0.821 bits per heavy atom. The van der Waals surface area contributed by atoms with E-state index in [1.54, 1.807) is 6.92 Å². The maximum absolute atomic E-state index is 12.3. The van der Waals surface area contributed by atoms with Crippen molar-refractivity contribution in [2.75, 3.05) is 13.2 Å². The Kier molecular flexibility index (Phi) is 19.4. The van der Waals surface area contributed by atoms with E-state index in [1.165, 1.54) is 4.90 Å². The van der Waals surface area contributed by atoms with Crippen LogP contribution in [0.5, 0.6) is 0 Å². The quantitative estimate of drug-likeness (QED) is 0.160. The number of nitrogens with zero attached hydrogens (tertiary/aromatic N) is 1. The third-order valence-electron chi connectivity index (χ3n) is 5.91. The molecule has 39 heavy (non-hydrogen) atoms. The molecular formula is C32H46N2O5. The van der Waals surface area contributed by atoms with Crippen LogP contribution in [-0.4, -0.2) is 47.8 Å². The summed E-state index contributed by atoms with van der Waals surface area (Å²) in [5.41, 5.74) is 0. The summed E-state index contributed by atoms with van der Waals surface area (Å²) in [5.74, 6) is -1.80. The van der Waals surface area contributed by atoms with Crippen LogP contribution in [0.3, 0.4) is 0 Å². The number of carbonyl (C=O) groups is 4. The predicted molar refractivity (Wildman–Crippen MR) is 157 cm³/mol. The van der Waals surface area contributed by atoms with Gasteiger partial charge < -0.3 is 9.64 Å². The van der Waals surface area contributed by atoms with Crippen LogP contribution in [0, 0.1) is 0 Å². The molecular weight excluding hydrogens is 492 g/mol. The number of hydrogen-bond acceptors (Lipinski definition) is 5. The summed E-state index contributed by atoms with van der Waals surface area (Å²) in [7, 11) is 0. The number of allylic oxidation sites excluding steroid dienone is 12. The molecule has 1 rings (SSSR count). The molecule has 0 radical (unpaired) electrons. The van der Waals surface area contributed by atoms with Gasteiger partial charge in [-0.05, 0) is 57.8 Å². The molecule has 0 bridgehead atoms. The van der Waals surface area contributed by atoms with E-state index in [9.17, 15) is 19.2 Å². The van der Waals surface area contributed by atoms with Crippen molar-refractivity contribution in [3.05, 3.63) is 72.9 Å². The summed E-state index contributed by atoms with van der Waals surface area (Å²) in [4.78, 5) is 49.5. The minimum Gasteiger partial charge on any atom is -0.456 e. The third kappa shape index (κ3) is 16.9. The average molecular weight is 539 g/mol. The highest BCUT2D eigenvalue weighted by molar-refractivity contribution is 6.00. The highest BCUT2D eigenvalue weighted by Crippen LogP contribution is 2.15. The van der Waals surface area contributed by atoms with Gasteiger partial charge in [0.15, 0.2) is 6.61 Å². The van der Waals surface area contributed by atoms with Crippen molar-refractivity contribution in [2.45, 2.75) is 90.5 Å². The van der Waals surface area contributed by atoms with Crippen molar-refractivity contribution in [2.24, 2.45) is 0 Å². The fraction of sp³-hybridized carbons (Fsp3) is 0.500. The molecule has 1 N–H and O–H groups in total. The van der Waals surface area contributed by atoms with Crippen LogP contribution in [0.4, 0.5) is 0 Å². The predicted octanol–water partition coefficient (Wildman–Crippen LogP) is 6.05. The third-order valence-corrected chi connectivity index (χ3v) is 5.91. The molecule has 0 aromatic carbocycles. The fourth-order valence-corrected chi connectivity index (χ4v) is 3.86. The minimum absolute atomic E-state index is 0.0784. The lowest BCUT2D eigenvalue weighted by Gasteiger charge is -2.25. The van der Waals surface area contributed by atoms with E-state index in [0.717, 1.165) is 38.5 Å². The second kappa shape index (κ2) is 22.5. The minimum atomic E-state index is -0.688. The van der Waals surface area contributed by atoms with Gasteiger partial charge in [-0.3, -0.25) is 24.5 Å². The van der Waals surface area contributed by atoms with Gasteiger partial charge in [0.25, 0.3) is 5.91 Å². The highest BCUT2D eigenvalue weighted by Gasteiger charge is 2.32. The molecule has 1 aliphatic rings. The van der Waals surface area contributed by atoms with Gasteiger partial charge >= 0.3 is 5.97 Å². The molecule has 0 aliphatic carbocycles. The van der Waals surface area contributed by atoms with Crippen molar-refractivity contribution in [3.63, 3.8) is 0 Å². The largest absolute Gasteiger partial charge is 0.456 e. The molecule has 0 saturated carbocycles. The van der Waals surface area contributed by atoms with Crippen LogP contribution in [-0.2, 0) is 23.9 Å². The number of hydrogen-bond donors (Lipinski definition) is 1. The first-order chi connectivity index (χ1) is 19.0. The Morgan fingerprint density at radius 2 is 1.33 bits per heavy atom. The van der Waals surface area contributed by atoms with Gasteiger partial charge in [-0.25, -0.2) is 0 Å². The number of likely N-dealkylation sites (tertiary alicyclic amines) is 1. The van der Waals surface area contributed by atoms with E-state index in [2.05, 4.69) is 73.0 Å². The van der Waals surface area contributed by atoms with Crippen molar-refractivity contribution < 1.29 is 23.9 Å². The second-order valence-corrected chi connectivity index (χ2v) is 9.14. The molecule has 7 nitrogen and oxygen atoms in total. The lowest BCUT2D eigenvalue weighted by molar-refractivity contribution is -0.150. The summed E-state index contributed by atoms with van der Waals surface area (Å²) in [5, 5.41) is 2.23. The van der Waals surface area contributed by atoms with Crippen LogP contribution in [0.2, 0.25) is 0 Å². The molecule has 0 aromatic rings. The first kappa shape index (κ1) is 33.5. The first-order valence-corrected chi connectivity index (χ1v) is 14.2. The number of esters is 1. The smallest absolute Gasteiger partial charge is 0.306 e. The lowest BCUT2D eigenvalue weighted by Crippen LogP contribution is -2.49. The van der Waals surface area contributed by atoms with E-state index in [0.29, 0.717) is 32.2 Å². The summed E-state index contributed by atoms with van der Waals surface area (Å²) < 4.78 is 4.95. The van der Waals surface area contributed by atoms with E-state index in [-0.39, 0.29) is 12.3 Å². The van der Waals surface area contributed by atoms with Crippen molar-refractivity contribution >= 4 is 23.7 Å². The second-order valence-electron chi connectivity index (χ2n) is 9.14. The number of rotatable bonds is 19. The van der Waals surface area contributed by atoms with Crippen molar-refractivity contribution in [3.8, 4) is 0 Å². The van der Waals surface area contributed by atoms with Crippen molar-refractivity contribution in [1.82, 2.24) is 10.2 Å². The van der Waals surface area contributed by atoms with E-state index >= 15 is 0 Å². The number of ether oxygens (including phenoxy) is 1. The fourth-order valence-electron chi connectivity index (χ4n) is 3.86. The molecule has 1 atom stereocenters. The van der Waals surface area contributed by atoms with Crippen LogP contribution in [0.1, 0.15) is 84.5 Å². The molecule has 7 heteroatoms. The van der Waals surface area contributed by atoms with Gasteiger partial charge in [-0.2, -0.15) is 0 Å². The number of amides is 3. The van der Waals surface area contributed by atoms with Crippen LogP contribution in [0.25, 0.3) is 0 Å². The zero-order chi connectivity index (χ0) is 28.6. The average Bonchev–Trinajstić information content (AvgIpc) is 3.34. The van der Waals surface area contributed by atoms with E-state index < -0.39 is 30.4 Å². The number of carbonyl (C=O) groups excluding carboxylic acids is 4. The SMILES string of the molecule is CCC=CCC=CCC=CCC=CCC=CCC=CCCC(=O)OCC(=O)NC(=O)C(CC)N1CCCC1=O. The maximum Gasteiger partial charge on any atom is 0.306 e. The molecule has 0 spiro atoms. The van der Waals surface area contributed by atoms with Gasteiger partial charge in [-0.1, -0.05) is 86.8 Å². The maximum atomic E-state index is 12.3. The standard InChI is InChI=1S/C32H46N2O5/c1-3-5-6-7-8-9-10-11-12-13-14-15-16-17-18-19-20-21-22-25-31(37)39-27-29(35)33-32(38)28(4-2)34-26-23-24-30(34)36/h5-6,8-9,11-12,14-15,17-18,20-21,28H,3-4,7,10,13,16,19,22-27H2,1-2H3,(H,33,35,38). The molecule has 0 aromatic heterocycles. The summed E-state index contributed by atoms with van der Waals surface area (Å²) in [6.45, 7) is 3.93. The van der Waals surface area contributed by atoms with Gasteiger partial charge in [0, 0.05) is 19.4 Å². The Hall–Kier alpha value is -3.48. The Bertz CT molecular complexity index is 927. The van der Waals surface area contributed by atoms with Crippen LogP contribution in [0.15, 0.2) is 72.9 Å². The molecule has 1 aliphatic heterocycles. The van der Waals surface area contributed by atoms with Gasteiger partial charge in [-0.15, -0.1) is 0 Å². The summed E-state index contributed by atoms with van der Waals surface area (Å²) in [6.07, 6.45) is 33.3. The monoisotopic (exact) mass is 538 g/mol. The number of imide groups is 1. The molecule has 1 fully saturated rings. The summed E-state index contributed by atoms with van der Waals surface area (Å²) in [6, 6.07) is -0.673. The summed E-state index contributed by atoms with van der Waals surface area (Å²) >= 11 is 0. The van der Waals surface area contributed by atoms with E-state index in [1.807, 2.05) is 12.2 Å². The molecule has 3 amide bonds. The molecule has 1 unspecified atom stereocenters. The normalized spacial score (nSPS) is 15.2. The van der Waals surface area contributed by atoms with Crippen LogP contribution < -0.4 is 5.32 Å². The first-order valence-electron chi connectivity index (χ1n) is 14.2.